The van der Waals surface area contributed by atoms with E-state index in [1.165, 1.54) is 6.20 Å². The molecule has 0 spiro atoms. The highest BCUT2D eigenvalue weighted by atomic mass is 32.2. The van der Waals surface area contributed by atoms with Gasteiger partial charge in [-0.05, 0) is 19.8 Å². The van der Waals surface area contributed by atoms with Crippen LogP contribution in [-0.4, -0.2) is 36.2 Å². The van der Waals surface area contributed by atoms with Gasteiger partial charge in [0.2, 0.25) is 10.0 Å². The van der Waals surface area contributed by atoms with Gasteiger partial charge in [0.05, 0.1) is 11.9 Å². The molecule has 1 aromatic rings. The van der Waals surface area contributed by atoms with Gasteiger partial charge in [0.1, 0.15) is 4.90 Å². The van der Waals surface area contributed by atoms with Gasteiger partial charge in [-0.25, -0.2) is 13.1 Å². The number of aromatic nitrogens is 2. The number of unbranched alkanes of at least 4 members (excludes halogenated alkanes) is 3. The molecule has 0 atom stereocenters. The van der Waals surface area contributed by atoms with Crippen LogP contribution in [0.25, 0.3) is 0 Å². The van der Waals surface area contributed by atoms with Crippen LogP contribution in [0.15, 0.2) is 11.1 Å². The topological polar surface area (TPSA) is 112 Å². The van der Waals surface area contributed by atoms with Crippen LogP contribution in [0.1, 0.15) is 37.8 Å². The summed E-state index contributed by atoms with van der Waals surface area (Å²) < 4.78 is 26.2. The second kappa shape index (κ2) is 7.25. The lowest BCUT2D eigenvalue weighted by atomic mass is 10.1. The monoisotopic (exact) mass is 289 g/mol. The molecule has 19 heavy (non-hydrogen) atoms. The van der Waals surface area contributed by atoms with Crippen LogP contribution in [0.4, 0.5) is 0 Å². The molecule has 8 heteroatoms. The van der Waals surface area contributed by atoms with Gasteiger partial charge in [0, 0.05) is 13.0 Å². The normalized spacial score (nSPS) is 11.6. The van der Waals surface area contributed by atoms with Crippen LogP contribution in [0.3, 0.4) is 0 Å². The Morgan fingerprint density at radius 1 is 1.37 bits per heavy atom. The van der Waals surface area contributed by atoms with E-state index >= 15 is 0 Å². The minimum Gasteiger partial charge on any atom is -0.481 e. The minimum atomic E-state index is -3.49. The number of aryl methyl sites for hydroxylation is 1. The fraction of sp³-hybridized carbons (Fsp3) is 0.636. The van der Waals surface area contributed by atoms with E-state index in [4.69, 9.17) is 5.11 Å². The predicted molar refractivity (Wildman–Crippen MR) is 69.2 cm³/mol. The lowest BCUT2D eigenvalue weighted by molar-refractivity contribution is -0.137. The maximum absolute atomic E-state index is 11.8. The van der Waals surface area contributed by atoms with Crippen LogP contribution in [0, 0.1) is 6.92 Å². The van der Waals surface area contributed by atoms with E-state index in [0.717, 1.165) is 12.8 Å². The number of carboxylic acids is 1. The first kappa shape index (κ1) is 15.6. The number of hydrogen-bond donors (Lipinski definition) is 3. The Labute approximate surface area is 112 Å². The minimum absolute atomic E-state index is 0.165. The van der Waals surface area contributed by atoms with Crippen LogP contribution < -0.4 is 4.72 Å². The molecule has 0 aliphatic heterocycles. The summed E-state index contributed by atoms with van der Waals surface area (Å²) in [5, 5.41) is 14.7. The molecule has 0 radical (unpaired) electrons. The van der Waals surface area contributed by atoms with E-state index in [1.807, 2.05) is 0 Å². The summed E-state index contributed by atoms with van der Waals surface area (Å²) in [5.41, 5.74) is 0.508. The van der Waals surface area contributed by atoms with Crippen molar-refractivity contribution in [3.8, 4) is 0 Å². The zero-order valence-corrected chi connectivity index (χ0v) is 11.7. The van der Waals surface area contributed by atoms with Crippen LogP contribution in [0.5, 0.6) is 0 Å². The molecule has 1 aromatic heterocycles. The van der Waals surface area contributed by atoms with Crippen molar-refractivity contribution < 1.29 is 18.3 Å². The van der Waals surface area contributed by atoms with Crippen LogP contribution in [-0.2, 0) is 14.8 Å². The number of aromatic amines is 1. The van der Waals surface area contributed by atoms with Crippen LogP contribution >= 0.6 is 0 Å². The van der Waals surface area contributed by atoms with E-state index in [-0.39, 0.29) is 11.3 Å². The molecule has 7 nitrogen and oxygen atoms in total. The zero-order chi connectivity index (χ0) is 14.3. The number of rotatable bonds is 9. The highest BCUT2D eigenvalue weighted by molar-refractivity contribution is 7.89. The fourth-order valence-corrected chi connectivity index (χ4v) is 2.86. The molecule has 0 aromatic carbocycles. The predicted octanol–water partition coefficient (Wildman–Crippen LogP) is 1.03. The van der Waals surface area contributed by atoms with Crippen molar-refractivity contribution in [3.63, 3.8) is 0 Å². The number of nitrogens with one attached hydrogen (secondary N) is 2. The Bertz CT molecular complexity index is 510. The van der Waals surface area contributed by atoms with Gasteiger partial charge >= 0.3 is 5.97 Å². The van der Waals surface area contributed by atoms with Gasteiger partial charge in [-0.2, -0.15) is 5.10 Å². The number of hydrogen-bond acceptors (Lipinski definition) is 4. The fourth-order valence-electron chi connectivity index (χ4n) is 1.65. The molecule has 0 unspecified atom stereocenters. The van der Waals surface area contributed by atoms with Gasteiger partial charge in [-0.3, -0.25) is 9.89 Å². The van der Waals surface area contributed by atoms with Crippen molar-refractivity contribution in [1.29, 1.82) is 0 Å². The Kier molecular flexibility index (Phi) is 5.97. The summed E-state index contributed by atoms with van der Waals surface area (Å²) in [6, 6.07) is 0. The van der Waals surface area contributed by atoms with E-state index in [0.29, 0.717) is 25.1 Å². The van der Waals surface area contributed by atoms with Crippen molar-refractivity contribution in [3.05, 3.63) is 11.9 Å². The molecular formula is C11H19N3O4S. The summed E-state index contributed by atoms with van der Waals surface area (Å²) in [6.45, 7) is 1.99. The average molecular weight is 289 g/mol. The third-order valence-corrected chi connectivity index (χ3v) is 4.26. The smallest absolute Gasteiger partial charge is 0.303 e. The third kappa shape index (κ3) is 5.39. The molecule has 3 N–H and O–H groups in total. The SMILES string of the molecule is Cc1[nH]ncc1S(=O)(=O)NCCCCCCC(=O)O. The van der Waals surface area contributed by atoms with Gasteiger partial charge in [0.25, 0.3) is 0 Å². The molecule has 0 aliphatic rings. The standard InChI is InChI=1S/C11H19N3O4S/c1-9-10(8-12-14-9)19(17,18)13-7-5-3-2-4-6-11(15)16/h8,13H,2-7H2,1H3,(H,12,14)(H,15,16). The van der Waals surface area contributed by atoms with Crippen molar-refractivity contribution in [1.82, 2.24) is 14.9 Å². The van der Waals surface area contributed by atoms with E-state index in [1.54, 1.807) is 6.92 Å². The third-order valence-electron chi connectivity index (χ3n) is 2.68. The van der Waals surface area contributed by atoms with E-state index in [2.05, 4.69) is 14.9 Å². The zero-order valence-electron chi connectivity index (χ0n) is 10.8. The van der Waals surface area contributed by atoms with E-state index < -0.39 is 16.0 Å². The number of H-pyrrole nitrogens is 1. The Morgan fingerprint density at radius 3 is 2.63 bits per heavy atom. The average Bonchev–Trinajstić information content (AvgIpc) is 2.74. The maximum Gasteiger partial charge on any atom is 0.303 e. The summed E-state index contributed by atoms with van der Waals surface area (Å²) in [7, 11) is -3.49. The van der Waals surface area contributed by atoms with Gasteiger partial charge in [-0.1, -0.05) is 12.8 Å². The second-order valence-corrected chi connectivity index (χ2v) is 6.05. The molecule has 0 fully saturated rings. The molecule has 108 valence electrons. The van der Waals surface area contributed by atoms with Gasteiger partial charge in [0.15, 0.2) is 0 Å². The quantitative estimate of drug-likeness (QED) is 0.588. The summed E-state index contributed by atoms with van der Waals surface area (Å²) in [6.07, 6.45) is 4.36. The van der Waals surface area contributed by atoms with Crippen molar-refractivity contribution in [2.75, 3.05) is 6.54 Å². The molecule has 0 saturated carbocycles. The summed E-state index contributed by atoms with van der Waals surface area (Å²) in [4.78, 5) is 10.4. The highest BCUT2D eigenvalue weighted by Gasteiger charge is 2.17. The lowest BCUT2D eigenvalue weighted by Crippen LogP contribution is -2.25. The van der Waals surface area contributed by atoms with E-state index in [9.17, 15) is 13.2 Å². The molecule has 0 bridgehead atoms. The lowest BCUT2D eigenvalue weighted by Gasteiger charge is -2.05. The molecule has 0 amide bonds. The maximum atomic E-state index is 11.8. The Morgan fingerprint density at radius 2 is 2.05 bits per heavy atom. The highest BCUT2D eigenvalue weighted by Crippen LogP contribution is 2.10. The first-order valence-electron chi connectivity index (χ1n) is 6.15. The molecule has 0 aliphatic carbocycles. The molecule has 0 saturated heterocycles. The summed E-state index contributed by atoms with van der Waals surface area (Å²) >= 11 is 0. The number of carbonyl (C=O) groups is 1. The van der Waals surface area contributed by atoms with Crippen molar-refractivity contribution >= 4 is 16.0 Å². The first-order valence-corrected chi connectivity index (χ1v) is 7.63. The number of aliphatic carboxylic acids is 1. The Balaban J connectivity index is 2.23. The Hall–Kier alpha value is -1.41. The van der Waals surface area contributed by atoms with Gasteiger partial charge < -0.3 is 5.11 Å². The molecule has 1 heterocycles. The number of nitrogens with zero attached hydrogens (tertiary/aromatic N) is 1. The molecular weight excluding hydrogens is 270 g/mol. The number of carboxylic acid groups (broad SMARTS) is 1. The first-order chi connectivity index (χ1) is 8.93. The largest absolute Gasteiger partial charge is 0.481 e. The molecule has 1 rings (SSSR count). The second-order valence-electron chi connectivity index (χ2n) is 4.31. The van der Waals surface area contributed by atoms with Crippen molar-refractivity contribution in [2.45, 2.75) is 43.9 Å². The number of sulfonamides is 1. The van der Waals surface area contributed by atoms with Gasteiger partial charge in [-0.15, -0.1) is 0 Å². The van der Waals surface area contributed by atoms with Crippen molar-refractivity contribution in [2.24, 2.45) is 0 Å². The van der Waals surface area contributed by atoms with Crippen LogP contribution in [0.2, 0.25) is 0 Å². The summed E-state index contributed by atoms with van der Waals surface area (Å²) in [5.74, 6) is -0.795.